The van der Waals surface area contributed by atoms with Crippen molar-refractivity contribution < 1.29 is 9.90 Å². The summed E-state index contributed by atoms with van der Waals surface area (Å²) in [6.45, 7) is 5.32. The van der Waals surface area contributed by atoms with Gasteiger partial charge in [0.15, 0.2) is 5.16 Å². The summed E-state index contributed by atoms with van der Waals surface area (Å²) in [4.78, 5) is 15.0. The Balaban J connectivity index is 2.11. The molecule has 1 aromatic heterocycles. The molecule has 1 saturated carbocycles. The number of carbonyl (C=O) groups is 1. The third-order valence-corrected chi connectivity index (χ3v) is 4.67. The minimum atomic E-state index is -0.792. The van der Waals surface area contributed by atoms with Crippen molar-refractivity contribution in [2.75, 3.05) is 5.75 Å². The van der Waals surface area contributed by atoms with Gasteiger partial charge in [0.25, 0.3) is 0 Å². The van der Waals surface area contributed by atoms with Crippen LogP contribution in [-0.2, 0) is 11.3 Å². The van der Waals surface area contributed by atoms with E-state index in [1.54, 1.807) is 0 Å². The smallest absolute Gasteiger partial charge is 0.313 e. The van der Waals surface area contributed by atoms with Crippen molar-refractivity contribution in [2.45, 2.75) is 51.2 Å². The first-order valence-corrected chi connectivity index (χ1v) is 7.35. The fourth-order valence-electron chi connectivity index (χ4n) is 2.64. The Morgan fingerprint density at radius 3 is 2.83 bits per heavy atom. The van der Waals surface area contributed by atoms with Gasteiger partial charge in [0.2, 0.25) is 0 Å². The molecule has 100 valence electrons. The highest BCUT2D eigenvalue weighted by atomic mass is 32.2. The van der Waals surface area contributed by atoms with Crippen LogP contribution >= 0.6 is 11.8 Å². The second kappa shape index (κ2) is 5.34. The van der Waals surface area contributed by atoms with Crippen molar-refractivity contribution in [3.8, 4) is 0 Å². The summed E-state index contributed by atoms with van der Waals surface area (Å²) in [6, 6.07) is 0. The van der Waals surface area contributed by atoms with E-state index < -0.39 is 5.97 Å². The molecule has 0 amide bonds. The third-order valence-electron chi connectivity index (χ3n) is 3.69. The second-order valence-electron chi connectivity index (χ2n) is 5.47. The van der Waals surface area contributed by atoms with Crippen LogP contribution in [0.25, 0.3) is 0 Å². The van der Waals surface area contributed by atoms with Crippen molar-refractivity contribution >= 4 is 17.7 Å². The monoisotopic (exact) mass is 268 g/mol. The van der Waals surface area contributed by atoms with Gasteiger partial charge < -0.3 is 9.67 Å². The Morgan fingerprint density at radius 1 is 1.56 bits per heavy atom. The lowest BCUT2D eigenvalue weighted by molar-refractivity contribution is -0.133. The number of aryl methyl sites for hydroxylation is 1. The highest BCUT2D eigenvalue weighted by Gasteiger charge is 2.30. The fourth-order valence-corrected chi connectivity index (χ4v) is 3.39. The van der Waals surface area contributed by atoms with E-state index in [9.17, 15) is 4.79 Å². The van der Waals surface area contributed by atoms with Crippen LogP contribution in [0.1, 0.15) is 38.3 Å². The number of carboxylic acid groups (broad SMARTS) is 1. The van der Waals surface area contributed by atoms with Crippen LogP contribution in [0.5, 0.6) is 0 Å². The molecule has 0 saturated heterocycles. The first kappa shape index (κ1) is 13.5. The Kier molecular flexibility index (Phi) is 4.00. The molecular formula is C13H20N2O2S. The number of aromatic nitrogens is 2. The van der Waals surface area contributed by atoms with E-state index >= 15 is 0 Å². The van der Waals surface area contributed by atoms with Gasteiger partial charge in [-0.05, 0) is 25.2 Å². The molecule has 1 aliphatic carbocycles. The maximum absolute atomic E-state index is 10.6. The summed E-state index contributed by atoms with van der Waals surface area (Å²) >= 11 is 1.31. The van der Waals surface area contributed by atoms with Gasteiger partial charge in [0, 0.05) is 18.4 Å². The van der Waals surface area contributed by atoms with Crippen LogP contribution < -0.4 is 0 Å². The summed E-state index contributed by atoms with van der Waals surface area (Å²) in [7, 11) is 0. The molecule has 4 nitrogen and oxygen atoms in total. The first-order chi connectivity index (χ1) is 8.50. The molecule has 1 fully saturated rings. The molecule has 0 aromatic carbocycles. The van der Waals surface area contributed by atoms with E-state index in [0.717, 1.165) is 17.4 Å². The van der Waals surface area contributed by atoms with Gasteiger partial charge in [-0.2, -0.15) is 0 Å². The summed E-state index contributed by atoms with van der Waals surface area (Å²) in [6.07, 6.45) is 6.97. The van der Waals surface area contributed by atoms with Crippen molar-refractivity contribution in [1.82, 2.24) is 9.55 Å². The molecule has 0 unspecified atom stereocenters. The van der Waals surface area contributed by atoms with Crippen LogP contribution in [0.3, 0.4) is 0 Å². The molecule has 0 spiro atoms. The van der Waals surface area contributed by atoms with E-state index in [2.05, 4.69) is 16.5 Å². The fraction of sp³-hybridized carbons (Fsp3) is 0.692. The molecule has 1 N–H and O–H groups in total. The lowest BCUT2D eigenvalue weighted by atomic mass is 9.89. The predicted octanol–water partition coefficient (Wildman–Crippen LogP) is 2.95. The Bertz CT molecular complexity index is 436. The second-order valence-corrected chi connectivity index (χ2v) is 6.41. The molecule has 0 aliphatic heterocycles. The molecule has 0 bridgehead atoms. The lowest BCUT2D eigenvalue weighted by Crippen LogP contribution is -2.21. The van der Waals surface area contributed by atoms with E-state index in [1.807, 2.05) is 13.1 Å². The number of hydrogen-bond acceptors (Lipinski definition) is 3. The lowest BCUT2D eigenvalue weighted by Gasteiger charge is -2.25. The molecule has 2 rings (SSSR count). The molecule has 1 heterocycles. The van der Waals surface area contributed by atoms with Crippen molar-refractivity contribution in [2.24, 2.45) is 5.41 Å². The van der Waals surface area contributed by atoms with Crippen LogP contribution in [0.4, 0.5) is 0 Å². The summed E-state index contributed by atoms with van der Waals surface area (Å²) in [5, 5.41) is 9.59. The quantitative estimate of drug-likeness (QED) is 0.834. The predicted molar refractivity (Wildman–Crippen MR) is 71.9 cm³/mol. The van der Waals surface area contributed by atoms with Crippen molar-refractivity contribution in [3.05, 3.63) is 11.9 Å². The number of rotatable bonds is 5. The molecule has 5 heteroatoms. The first-order valence-electron chi connectivity index (χ1n) is 6.37. The summed E-state index contributed by atoms with van der Waals surface area (Å²) < 4.78 is 2.18. The zero-order valence-electron chi connectivity index (χ0n) is 11.0. The molecule has 1 aromatic rings. The summed E-state index contributed by atoms with van der Waals surface area (Å²) in [5.74, 6) is -0.716. The highest BCUT2D eigenvalue weighted by Crippen LogP contribution is 2.40. The largest absolute Gasteiger partial charge is 0.481 e. The zero-order chi connectivity index (χ0) is 13.2. The van der Waals surface area contributed by atoms with Gasteiger partial charge in [-0.15, -0.1) is 0 Å². The van der Waals surface area contributed by atoms with Gasteiger partial charge in [-0.3, -0.25) is 4.79 Å². The van der Waals surface area contributed by atoms with Crippen LogP contribution in [-0.4, -0.2) is 26.4 Å². The Morgan fingerprint density at radius 2 is 2.22 bits per heavy atom. The maximum atomic E-state index is 10.6. The SMILES string of the molecule is Cc1cnc(SCC(=O)O)n1CC1(C)CCCC1. The maximum Gasteiger partial charge on any atom is 0.313 e. The zero-order valence-corrected chi connectivity index (χ0v) is 11.8. The average molecular weight is 268 g/mol. The molecule has 0 atom stereocenters. The number of nitrogens with zero attached hydrogens (tertiary/aromatic N) is 2. The highest BCUT2D eigenvalue weighted by molar-refractivity contribution is 7.99. The van der Waals surface area contributed by atoms with Crippen LogP contribution in [0.2, 0.25) is 0 Å². The minimum Gasteiger partial charge on any atom is -0.481 e. The number of thioether (sulfide) groups is 1. The van der Waals surface area contributed by atoms with Crippen LogP contribution in [0, 0.1) is 12.3 Å². The van der Waals surface area contributed by atoms with Gasteiger partial charge >= 0.3 is 5.97 Å². The van der Waals surface area contributed by atoms with Gasteiger partial charge in [-0.1, -0.05) is 31.5 Å². The Hall–Kier alpha value is -0.970. The van der Waals surface area contributed by atoms with E-state index in [4.69, 9.17) is 5.11 Å². The number of imidazole rings is 1. The molecular weight excluding hydrogens is 248 g/mol. The van der Waals surface area contributed by atoms with Gasteiger partial charge in [0.05, 0.1) is 5.75 Å². The standard InChI is InChI=1S/C13H20N2O2S/c1-10-7-14-12(18-8-11(16)17)15(10)9-13(2)5-3-4-6-13/h7H,3-6,8-9H2,1-2H3,(H,16,17). The van der Waals surface area contributed by atoms with E-state index in [1.165, 1.54) is 37.4 Å². The number of aliphatic carboxylic acids is 1. The van der Waals surface area contributed by atoms with E-state index in [0.29, 0.717) is 5.41 Å². The minimum absolute atomic E-state index is 0.0766. The van der Waals surface area contributed by atoms with Crippen LogP contribution in [0.15, 0.2) is 11.4 Å². The normalized spacial score (nSPS) is 18.1. The topological polar surface area (TPSA) is 55.1 Å². The Labute approximate surface area is 112 Å². The molecule has 0 radical (unpaired) electrons. The van der Waals surface area contributed by atoms with Crippen molar-refractivity contribution in [1.29, 1.82) is 0 Å². The number of carboxylic acids is 1. The average Bonchev–Trinajstić information content (AvgIpc) is 2.86. The summed E-state index contributed by atoms with van der Waals surface area (Å²) in [5.41, 5.74) is 1.47. The van der Waals surface area contributed by atoms with E-state index in [-0.39, 0.29) is 5.75 Å². The van der Waals surface area contributed by atoms with Crippen molar-refractivity contribution in [3.63, 3.8) is 0 Å². The van der Waals surface area contributed by atoms with Gasteiger partial charge in [0.1, 0.15) is 0 Å². The van der Waals surface area contributed by atoms with Gasteiger partial charge in [-0.25, -0.2) is 4.98 Å². The number of hydrogen-bond donors (Lipinski definition) is 1. The third kappa shape index (κ3) is 3.07. The molecule has 1 aliphatic rings. The molecule has 18 heavy (non-hydrogen) atoms.